The molecule has 0 fully saturated rings. The molecule has 1 rings (SSSR count). The normalized spacial score (nSPS) is 12.6. The number of thiocarbonyl (C=S) groups is 1. The van der Waals surface area contributed by atoms with Gasteiger partial charge in [0.1, 0.15) is 10.7 Å². The molecule has 0 aliphatic heterocycles. The van der Waals surface area contributed by atoms with Crippen LogP contribution < -0.4 is 5.73 Å². The first-order valence-electron chi connectivity index (χ1n) is 6.12. The number of hydrogen-bond donors (Lipinski definition) is 2. The van der Waals surface area contributed by atoms with E-state index >= 15 is 0 Å². The SMILES string of the molecule is CC(C)(C)c1cc(C(N)=S)cc(C(C)(C)C)c1O. The van der Waals surface area contributed by atoms with Crippen LogP contribution in [0.1, 0.15) is 58.2 Å². The van der Waals surface area contributed by atoms with Crippen LogP contribution in [-0.2, 0) is 10.8 Å². The Bertz CT molecular complexity index is 443. The Hall–Kier alpha value is -1.09. The lowest BCUT2D eigenvalue weighted by molar-refractivity contribution is 0.423. The smallest absolute Gasteiger partial charge is 0.123 e. The number of aromatic hydroxyl groups is 1. The first-order chi connectivity index (χ1) is 7.94. The van der Waals surface area contributed by atoms with E-state index in [9.17, 15) is 5.11 Å². The number of nitrogens with two attached hydrogens (primary N) is 1. The van der Waals surface area contributed by atoms with Crippen molar-refractivity contribution in [1.82, 2.24) is 0 Å². The highest BCUT2D eigenvalue weighted by Gasteiger charge is 2.26. The molecule has 1 aromatic rings. The average molecular weight is 265 g/mol. The van der Waals surface area contributed by atoms with Crippen molar-refractivity contribution in [3.05, 3.63) is 28.8 Å². The minimum atomic E-state index is -0.148. The third-order valence-electron chi connectivity index (χ3n) is 3.01. The van der Waals surface area contributed by atoms with E-state index < -0.39 is 0 Å². The Morgan fingerprint density at radius 3 is 1.56 bits per heavy atom. The van der Waals surface area contributed by atoms with Crippen LogP contribution in [0.4, 0.5) is 0 Å². The van der Waals surface area contributed by atoms with Gasteiger partial charge in [0.25, 0.3) is 0 Å². The third kappa shape index (κ3) is 3.02. The van der Waals surface area contributed by atoms with Gasteiger partial charge in [0.05, 0.1) is 0 Å². The molecule has 2 nitrogen and oxygen atoms in total. The molecule has 100 valence electrons. The average Bonchev–Trinajstić information content (AvgIpc) is 2.13. The second kappa shape index (κ2) is 4.54. The van der Waals surface area contributed by atoms with Crippen molar-refractivity contribution in [2.24, 2.45) is 5.73 Å². The van der Waals surface area contributed by atoms with Gasteiger partial charge in [-0.25, -0.2) is 0 Å². The van der Waals surface area contributed by atoms with Gasteiger partial charge in [-0.05, 0) is 23.0 Å². The highest BCUT2D eigenvalue weighted by Crippen LogP contribution is 2.39. The minimum Gasteiger partial charge on any atom is -0.507 e. The van der Waals surface area contributed by atoms with Crippen molar-refractivity contribution >= 4 is 17.2 Å². The lowest BCUT2D eigenvalue weighted by Gasteiger charge is -2.28. The first kappa shape index (κ1) is 15.0. The van der Waals surface area contributed by atoms with Gasteiger partial charge in [-0.2, -0.15) is 0 Å². The molecule has 0 radical (unpaired) electrons. The molecule has 1 aromatic carbocycles. The van der Waals surface area contributed by atoms with Gasteiger partial charge >= 0.3 is 0 Å². The topological polar surface area (TPSA) is 46.2 Å². The second-order valence-corrected chi connectivity index (χ2v) is 7.22. The Morgan fingerprint density at radius 2 is 1.33 bits per heavy atom. The molecule has 0 heterocycles. The maximum absolute atomic E-state index is 10.5. The molecule has 3 N–H and O–H groups in total. The van der Waals surface area contributed by atoms with Crippen LogP contribution in [0, 0.1) is 0 Å². The van der Waals surface area contributed by atoms with E-state index in [4.69, 9.17) is 18.0 Å². The summed E-state index contributed by atoms with van der Waals surface area (Å²) in [4.78, 5) is 0.367. The summed E-state index contributed by atoms with van der Waals surface area (Å²) in [5, 5.41) is 10.5. The predicted octanol–water partition coefficient (Wildman–Crippen LogP) is 3.62. The molecule has 18 heavy (non-hydrogen) atoms. The summed E-state index contributed by atoms with van der Waals surface area (Å²) in [7, 11) is 0. The predicted molar refractivity (Wildman–Crippen MR) is 81.4 cm³/mol. The standard InChI is InChI=1S/C15H23NOS/c1-14(2,3)10-7-9(13(16)18)8-11(12(10)17)15(4,5)6/h7-8,17H,1-6H3,(H2,16,18). The highest BCUT2D eigenvalue weighted by molar-refractivity contribution is 7.80. The summed E-state index contributed by atoms with van der Waals surface area (Å²) in [6.07, 6.45) is 0. The van der Waals surface area contributed by atoms with Crippen molar-refractivity contribution in [1.29, 1.82) is 0 Å². The number of phenolic OH excluding ortho intramolecular Hbond substituents is 1. The zero-order valence-electron chi connectivity index (χ0n) is 12.1. The fourth-order valence-corrected chi connectivity index (χ4v) is 2.04. The maximum Gasteiger partial charge on any atom is 0.123 e. The lowest BCUT2D eigenvalue weighted by atomic mass is 9.78. The number of hydrogen-bond acceptors (Lipinski definition) is 2. The summed E-state index contributed by atoms with van der Waals surface area (Å²) < 4.78 is 0. The van der Waals surface area contributed by atoms with E-state index in [-0.39, 0.29) is 10.8 Å². The summed E-state index contributed by atoms with van der Waals surface area (Å²) >= 11 is 5.07. The van der Waals surface area contributed by atoms with Crippen molar-refractivity contribution in [3.63, 3.8) is 0 Å². The molecule has 0 bridgehead atoms. The lowest BCUT2D eigenvalue weighted by Crippen LogP contribution is -2.20. The number of rotatable bonds is 1. The van der Waals surface area contributed by atoms with Gasteiger partial charge < -0.3 is 10.8 Å². The van der Waals surface area contributed by atoms with Crippen LogP contribution in [-0.4, -0.2) is 10.1 Å². The molecule has 0 amide bonds. The van der Waals surface area contributed by atoms with Crippen LogP contribution in [0.3, 0.4) is 0 Å². The number of phenols is 1. The molecule has 3 heteroatoms. The second-order valence-electron chi connectivity index (χ2n) is 6.78. The molecule has 0 spiro atoms. The molecular formula is C15H23NOS. The maximum atomic E-state index is 10.5. The van der Waals surface area contributed by atoms with Gasteiger partial charge in [-0.1, -0.05) is 53.8 Å². The van der Waals surface area contributed by atoms with Crippen LogP contribution in [0.15, 0.2) is 12.1 Å². The fourth-order valence-electron chi connectivity index (χ4n) is 1.92. The zero-order valence-corrected chi connectivity index (χ0v) is 12.9. The van der Waals surface area contributed by atoms with Gasteiger partial charge in [-0.3, -0.25) is 0 Å². The van der Waals surface area contributed by atoms with Crippen molar-refractivity contribution < 1.29 is 5.11 Å². The summed E-state index contributed by atoms with van der Waals surface area (Å²) in [5.74, 6) is 0.356. The summed E-state index contributed by atoms with van der Waals surface area (Å²) in [6, 6.07) is 3.79. The van der Waals surface area contributed by atoms with Crippen LogP contribution in [0.25, 0.3) is 0 Å². The third-order valence-corrected chi connectivity index (χ3v) is 3.25. The molecule has 0 saturated carbocycles. The van der Waals surface area contributed by atoms with E-state index in [1.807, 2.05) is 12.1 Å². The Kier molecular flexibility index (Phi) is 3.78. The van der Waals surface area contributed by atoms with E-state index in [1.165, 1.54) is 0 Å². The molecule has 0 saturated heterocycles. The van der Waals surface area contributed by atoms with Crippen LogP contribution in [0.2, 0.25) is 0 Å². The van der Waals surface area contributed by atoms with Gasteiger partial charge in [-0.15, -0.1) is 0 Å². The highest BCUT2D eigenvalue weighted by atomic mass is 32.1. The fraction of sp³-hybridized carbons (Fsp3) is 0.533. The molecule has 0 aliphatic rings. The summed E-state index contributed by atoms with van der Waals surface area (Å²) in [6.45, 7) is 12.4. The number of benzene rings is 1. The Balaban J connectivity index is 3.64. The quantitative estimate of drug-likeness (QED) is 0.762. The van der Waals surface area contributed by atoms with E-state index in [1.54, 1.807) is 0 Å². The molecule has 0 aromatic heterocycles. The van der Waals surface area contributed by atoms with Gasteiger partial charge in [0.15, 0.2) is 0 Å². The van der Waals surface area contributed by atoms with Crippen molar-refractivity contribution in [2.45, 2.75) is 52.4 Å². The van der Waals surface area contributed by atoms with Crippen LogP contribution in [0.5, 0.6) is 5.75 Å². The monoisotopic (exact) mass is 265 g/mol. The minimum absolute atomic E-state index is 0.148. The Morgan fingerprint density at radius 1 is 1.00 bits per heavy atom. The van der Waals surface area contributed by atoms with Crippen molar-refractivity contribution in [2.75, 3.05) is 0 Å². The van der Waals surface area contributed by atoms with Gasteiger partial charge in [0, 0.05) is 16.7 Å². The van der Waals surface area contributed by atoms with E-state index in [2.05, 4.69) is 41.5 Å². The van der Waals surface area contributed by atoms with Crippen LogP contribution >= 0.6 is 12.2 Å². The zero-order chi connectivity index (χ0) is 14.3. The Labute approximate surface area is 115 Å². The molecule has 0 unspecified atom stereocenters. The molecule has 0 atom stereocenters. The van der Waals surface area contributed by atoms with Crippen molar-refractivity contribution in [3.8, 4) is 5.75 Å². The largest absolute Gasteiger partial charge is 0.507 e. The van der Waals surface area contributed by atoms with Gasteiger partial charge in [0.2, 0.25) is 0 Å². The van der Waals surface area contributed by atoms with E-state index in [0.717, 1.165) is 16.7 Å². The summed E-state index contributed by atoms with van der Waals surface area (Å²) in [5.41, 5.74) is 8.03. The molecular weight excluding hydrogens is 242 g/mol. The first-order valence-corrected chi connectivity index (χ1v) is 6.53. The van der Waals surface area contributed by atoms with E-state index in [0.29, 0.717) is 10.7 Å². The molecule has 0 aliphatic carbocycles.